The first-order chi connectivity index (χ1) is 11.8. The predicted molar refractivity (Wildman–Crippen MR) is 96.1 cm³/mol. The van der Waals surface area contributed by atoms with E-state index in [2.05, 4.69) is 23.2 Å². The lowest BCUT2D eigenvalue weighted by molar-refractivity contribution is -0.141. The van der Waals surface area contributed by atoms with Crippen molar-refractivity contribution in [3.63, 3.8) is 0 Å². The lowest BCUT2D eigenvalue weighted by Crippen LogP contribution is -2.15. The van der Waals surface area contributed by atoms with Crippen LogP contribution in [-0.2, 0) is 9.53 Å². The van der Waals surface area contributed by atoms with Crippen LogP contribution in [0, 0.1) is 0 Å². The van der Waals surface area contributed by atoms with Gasteiger partial charge in [0.1, 0.15) is 5.92 Å². The minimum Gasteiger partial charge on any atom is -0.468 e. The Labute approximate surface area is 139 Å². The van der Waals surface area contributed by atoms with E-state index < -0.39 is 5.92 Å². The standard InChI is InChI=1S/C21H17NO2/c1-24-21(23)20(14-7-3-2-4-8-14)15-11-12-19-17(13-15)16-9-5-6-10-18(16)22-19/h2-13,20,22H,1H3. The molecule has 118 valence electrons. The van der Waals surface area contributed by atoms with Gasteiger partial charge < -0.3 is 9.72 Å². The zero-order valence-corrected chi connectivity index (χ0v) is 13.3. The topological polar surface area (TPSA) is 42.1 Å². The van der Waals surface area contributed by atoms with Crippen molar-refractivity contribution in [3.8, 4) is 0 Å². The van der Waals surface area contributed by atoms with Gasteiger partial charge in [0.05, 0.1) is 7.11 Å². The molecule has 0 aliphatic heterocycles. The van der Waals surface area contributed by atoms with Crippen LogP contribution in [0.5, 0.6) is 0 Å². The summed E-state index contributed by atoms with van der Waals surface area (Å²) in [5.74, 6) is -0.672. The van der Waals surface area contributed by atoms with Crippen molar-refractivity contribution in [2.24, 2.45) is 0 Å². The van der Waals surface area contributed by atoms with Crippen molar-refractivity contribution in [1.29, 1.82) is 0 Å². The minimum atomic E-state index is -0.422. The summed E-state index contributed by atoms with van der Waals surface area (Å²) in [6.45, 7) is 0. The van der Waals surface area contributed by atoms with Gasteiger partial charge in [-0.05, 0) is 29.3 Å². The molecule has 4 aromatic rings. The molecular formula is C21H17NO2. The third-order valence-electron chi connectivity index (χ3n) is 4.43. The lowest BCUT2D eigenvalue weighted by atomic mass is 9.90. The lowest BCUT2D eigenvalue weighted by Gasteiger charge is -2.15. The van der Waals surface area contributed by atoms with Gasteiger partial charge in [0, 0.05) is 21.8 Å². The largest absolute Gasteiger partial charge is 0.468 e. The predicted octanol–water partition coefficient (Wildman–Crippen LogP) is 4.63. The Morgan fingerprint density at radius 1 is 0.833 bits per heavy atom. The van der Waals surface area contributed by atoms with Crippen LogP contribution in [0.1, 0.15) is 17.0 Å². The molecule has 1 atom stereocenters. The van der Waals surface area contributed by atoms with Gasteiger partial charge >= 0.3 is 5.97 Å². The van der Waals surface area contributed by atoms with E-state index in [4.69, 9.17) is 4.74 Å². The molecule has 3 nitrogen and oxygen atoms in total. The van der Waals surface area contributed by atoms with E-state index in [0.29, 0.717) is 0 Å². The second kappa shape index (κ2) is 5.85. The maximum atomic E-state index is 12.4. The fourth-order valence-corrected chi connectivity index (χ4v) is 3.27. The zero-order valence-electron chi connectivity index (χ0n) is 13.3. The van der Waals surface area contributed by atoms with Crippen molar-refractivity contribution >= 4 is 27.8 Å². The number of esters is 1. The molecule has 1 heterocycles. The van der Waals surface area contributed by atoms with Crippen molar-refractivity contribution in [3.05, 3.63) is 83.9 Å². The van der Waals surface area contributed by atoms with E-state index in [1.807, 2.05) is 54.6 Å². The number of rotatable bonds is 3. The van der Waals surface area contributed by atoms with E-state index in [0.717, 1.165) is 32.9 Å². The molecule has 0 saturated heterocycles. The monoisotopic (exact) mass is 315 g/mol. The Morgan fingerprint density at radius 2 is 1.54 bits per heavy atom. The highest BCUT2D eigenvalue weighted by Gasteiger charge is 2.24. The molecule has 0 aliphatic rings. The van der Waals surface area contributed by atoms with Gasteiger partial charge in [0.25, 0.3) is 0 Å². The number of benzene rings is 3. The number of carbonyl (C=O) groups excluding carboxylic acids is 1. The zero-order chi connectivity index (χ0) is 16.5. The molecule has 0 amide bonds. The van der Waals surface area contributed by atoms with Gasteiger partial charge in [-0.25, -0.2) is 0 Å². The summed E-state index contributed by atoms with van der Waals surface area (Å²) < 4.78 is 5.06. The van der Waals surface area contributed by atoms with E-state index in [-0.39, 0.29) is 5.97 Å². The second-order valence-electron chi connectivity index (χ2n) is 5.84. The first-order valence-corrected chi connectivity index (χ1v) is 7.91. The van der Waals surface area contributed by atoms with Crippen LogP contribution in [0.2, 0.25) is 0 Å². The molecule has 1 N–H and O–H groups in total. The number of ether oxygens (including phenoxy) is 1. The third-order valence-corrected chi connectivity index (χ3v) is 4.43. The van der Waals surface area contributed by atoms with Crippen molar-refractivity contribution in [2.45, 2.75) is 5.92 Å². The highest BCUT2D eigenvalue weighted by Crippen LogP contribution is 2.31. The summed E-state index contributed by atoms with van der Waals surface area (Å²) in [6.07, 6.45) is 0. The number of aromatic amines is 1. The molecule has 0 spiro atoms. The van der Waals surface area contributed by atoms with Crippen LogP contribution < -0.4 is 0 Å². The number of aromatic nitrogens is 1. The average Bonchev–Trinajstić information content (AvgIpc) is 3.01. The Hall–Kier alpha value is -3.07. The van der Waals surface area contributed by atoms with Gasteiger partial charge in [-0.2, -0.15) is 0 Å². The number of fused-ring (bicyclic) bond motifs is 3. The van der Waals surface area contributed by atoms with Gasteiger partial charge in [-0.15, -0.1) is 0 Å². The summed E-state index contributed by atoms with van der Waals surface area (Å²) in [7, 11) is 1.43. The Balaban J connectivity index is 1.92. The normalized spacial score (nSPS) is 12.4. The number of methoxy groups -OCH3 is 1. The molecule has 0 radical (unpaired) electrons. The first-order valence-electron chi connectivity index (χ1n) is 7.91. The maximum absolute atomic E-state index is 12.4. The molecule has 3 aromatic carbocycles. The van der Waals surface area contributed by atoms with Gasteiger partial charge in [-0.3, -0.25) is 4.79 Å². The maximum Gasteiger partial charge on any atom is 0.317 e. The third kappa shape index (κ3) is 2.35. The Morgan fingerprint density at radius 3 is 2.33 bits per heavy atom. The van der Waals surface area contributed by atoms with Crippen LogP contribution in [0.15, 0.2) is 72.8 Å². The molecule has 4 rings (SSSR count). The molecule has 1 unspecified atom stereocenters. The van der Waals surface area contributed by atoms with Crippen LogP contribution in [-0.4, -0.2) is 18.1 Å². The fourth-order valence-electron chi connectivity index (χ4n) is 3.27. The molecule has 0 aliphatic carbocycles. The van der Waals surface area contributed by atoms with E-state index in [1.165, 1.54) is 7.11 Å². The van der Waals surface area contributed by atoms with Crippen molar-refractivity contribution in [1.82, 2.24) is 4.98 Å². The van der Waals surface area contributed by atoms with Crippen molar-refractivity contribution in [2.75, 3.05) is 7.11 Å². The number of hydrogen-bond donors (Lipinski definition) is 1. The fraction of sp³-hybridized carbons (Fsp3) is 0.0952. The Bertz CT molecular complexity index is 1020. The highest BCUT2D eigenvalue weighted by molar-refractivity contribution is 6.07. The molecular weight excluding hydrogens is 298 g/mol. The number of nitrogens with one attached hydrogen (secondary N) is 1. The Kier molecular flexibility index (Phi) is 3.54. The summed E-state index contributed by atoms with van der Waals surface area (Å²) >= 11 is 0. The van der Waals surface area contributed by atoms with Gasteiger partial charge in [0.15, 0.2) is 0 Å². The van der Waals surface area contributed by atoms with Crippen LogP contribution in [0.4, 0.5) is 0 Å². The molecule has 0 fully saturated rings. The van der Waals surface area contributed by atoms with Crippen LogP contribution >= 0.6 is 0 Å². The summed E-state index contributed by atoms with van der Waals surface area (Å²) in [4.78, 5) is 15.8. The summed E-state index contributed by atoms with van der Waals surface area (Å²) in [5, 5.41) is 2.28. The summed E-state index contributed by atoms with van der Waals surface area (Å²) in [6, 6.07) is 24.0. The van der Waals surface area contributed by atoms with Gasteiger partial charge in [0.2, 0.25) is 0 Å². The minimum absolute atomic E-state index is 0.250. The highest BCUT2D eigenvalue weighted by atomic mass is 16.5. The molecule has 0 bridgehead atoms. The number of carbonyl (C=O) groups is 1. The molecule has 1 aromatic heterocycles. The second-order valence-corrected chi connectivity index (χ2v) is 5.84. The average molecular weight is 315 g/mol. The summed E-state index contributed by atoms with van der Waals surface area (Å²) in [5.41, 5.74) is 4.03. The van der Waals surface area contributed by atoms with Gasteiger partial charge in [-0.1, -0.05) is 54.6 Å². The van der Waals surface area contributed by atoms with E-state index in [1.54, 1.807) is 0 Å². The number of para-hydroxylation sites is 1. The first kappa shape index (κ1) is 14.5. The van der Waals surface area contributed by atoms with E-state index >= 15 is 0 Å². The van der Waals surface area contributed by atoms with Crippen LogP contribution in [0.3, 0.4) is 0 Å². The molecule has 3 heteroatoms. The van der Waals surface area contributed by atoms with Crippen molar-refractivity contribution < 1.29 is 9.53 Å². The number of hydrogen-bond acceptors (Lipinski definition) is 2. The number of H-pyrrole nitrogens is 1. The molecule has 0 saturated carbocycles. The smallest absolute Gasteiger partial charge is 0.317 e. The quantitative estimate of drug-likeness (QED) is 0.560. The van der Waals surface area contributed by atoms with Crippen LogP contribution in [0.25, 0.3) is 21.8 Å². The molecule has 24 heavy (non-hydrogen) atoms. The SMILES string of the molecule is COC(=O)C(c1ccccc1)c1ccc2[nH]c3ccccc3c2c1. The van der Waals surface area contributed by atoms with E-state index in [9.17, 15) is 4.79 Å².